The zero-order chi connectivity index (χ0) is 24.1. The maximum atomic E-state index is 13.2. The zero-order valence-electron chi connectivity index (χ0n) is 20.0. The molecule has 36 heavy (non-hydrogen) atoms. The standard InChI is InChI=1S/C26H28N8O2/c35-24(18-5-6-21-22(11-18)31-33-30-21)34-8-7-26(15-34)12-23(32-36-26)19-13-27-25(28-14-19)29-20-9-16-3-1-2-4-17(16)10-20/h1-4,13-14,18,20H,5-12,15H2,(H,27,28,29)(H,30,31,33)/t18-,26?/m0/s1. The number of likely N-dealkylation sites (tertiary alicyclic amines) is 1. The first-order chi connectivity index (χ1) is 17.6. The molecule has 10 heteroatoms. The summed E-state index contributed by atoms with van der Waals surface area (Å²) in [6, 6.07) is 8.87. The van der Waals surface area contributed by atoms with Gasteiger partial charge in [-0.15, -0.1) is 5.10 Å². The fourth-order valence-corrected chi connectivity index (χ4v) is 6.08. The van der Waals surface area contributed by atoms with Crippen LogP contribution in [0.25, 0.3) is 0 Å². The number of nitrogens with zero attached hydrogens (tertiary/aromatic N) is 6. The van der Waals surface area contributed by atoms with Crippen molar-refractivity contribution in [2.24, 2.45) is 11.1 Å². The Kier molecular flexibility index (Phi) is 5.00. The maximum Gasteiger partial charge on any atom is 0.226 e. The van der Waals surface area contributed by atoms with Crippen molar-refractivity contribution in [2.75, 3.05) is 18.4 Å². The van der Waals surface area contributed by atoms with Crippen molar-refractivity contribution in [1.82, 2.24) is 30.3 Å². The van der Waals surface area contributed by atoms with E-state index in [0.717, 1.165) is 54.8 Å². The predicted octanol–water partition coefficient (Wildman–Crippen LogP) is 2.07. The lowest BCUT2D eigenvalue weighted by molar-refractivity contribution is -0.136. The average molecular weight is 485 g/mol. The van der Waals surface area contributed by atoms with Crippen LogP contribution in [0.2, 0.25) is 0 Å². The number of amides is 1. The second-order valence-corrected chi connectivity index (χ2v) is 10.5. The molecule has 184 valence electrons. The van der Waals surface area contributed by atoms with E-state index in [-0.39, 0.29) is 11.8 Å². The van der Waals surface area contributed by atoms with Gasteiger partial charge < -0.3 is 15.1 Å². The molecule has 0 radical (unpaired) electrons. The summed E-state index contributed by atoms with van der Waals surface area (Å²) in [7, 11) is 0. The molecule has 7 rings (SSSR count). The van der Waals surface area contributed by atoms with E-state index in [4.69, 9.17) is 4.84 Å². The molecule has 1 amide bonds. The number of aryl methyl sites for hydroxylation is 1. The summed E-state index contributed by atoms with van der Waals surface area (Å²) in [5, 5.41) is 18.8. The molecule has 2 atom stereocenters. The largest absolute Gasteiger partial charge is 0.387 e. The Balaban J connectivity index is 0.955. The molecule has 2 aromatic heterocycles. The first-order valence-electron chi connectivity index (χ1n) is 12.7. The fourth-order valence-electron chi connectivity index (χ4n) is 6.08. The molecule has 1 spiro atoms. The van der Waals surface area contributed by atoms with E-state index in [9.17, 15) is 4.79 Å². The zero-order valence-corrected chi connectivity index (χ0v) is 20.0. The van der Waals surface area contributed by atoms with E-state index >= 15 is 0 Å². The van der Waals surface area contributed by atoms with Gasteiger partial charge in [-0.3, -0.25) is 9.89 Å². The van der Waals surface area contributed by atoms with Gasteiger partial charge in [0, 0.05) is 55.7 Å². The number of rotatable bonds is 4. The number of oxime groups is 1. The smallest absolute Gasteiger partial charge is 0.226 e. The third-order valence-corrected chi connectivity index (χ3v) is 8.07. The minimum atomic E-state index is -0.453. The molecule has 4 aliphatic rings. The Hall–Kier alpha value is -3.82. The van der Waals surface area contributed by atoms with Gasteiger partial charge in [-0.05, 0) is 36.8 Å². The molecule has 3 aromatic rings. The number of nitrogens with one attached hydrogen (secondary N) is 2. The summed E-state index contributed by atoms with van der Waals surface area (Å²) in [6.45, 7) is 1.25. The number of aromatic nitrogens is 5. The predicted molar refractivity (Wildman–Crippen MR) is 131 cm³/mol. The SMILES string of the molecule is O=C([C@H]1CCc2[nH]nnc2C1)N1CCC2(CC(c3cnc(NC4Cc5ccccc5C4)nc3)=NO2)C1. The second-order valence-electron chi connectivity index (χ2n) is 10.5. The molecule has 1 saturated heterocycles. The van der Waals surface area contributed by atoms with Crippen LogP contribution < -0.4 is 5.32 Å². The number of hydrogen-bond donors (Lipinski definition) is 2. The number of fused-ring (bicyclic) bond motifs is 2. The molecule has 1 fully saturated rings. The number of aromatic amines is 1. The molecule has 2 aliphatic heterocycles. The van der Waals surface area contributed by atoms with Gasteiger partial charge >= 0.3 is 0 Å². The van der Waals surface area contributed by atoms with Crippen LogP contribution in [0.5, 0.6) is 0 Å². The normalized spacial score (nSPS) is 24.9. The number of anilines is 1. The van der Waals surface area contributed by atoms with Crippen LogP contribution in [-0.2, 0) is 35.3 Å². The Bertz CT molecular complexity index is 1310. The lowest BCUT2D eigenvalue weighted by Gasteiger charge is -2.27. The van der Waals surface area contributed by atoms with E-state index in [0.29, 0.717) is 37.9 Å². The Morgan fingerprint density at radius 1 is 1.14 bits per heavy atom. The lowest BCUT2D eigenvalue weighted by Crippen LogP contribution is -2.40. The highest BCUT2D eigenvalue weighted by Gasteiger charge is 2.48. The van der Waals surface area contributed by atoms with Crippen molar-refractivity contribution in [3.8, 4) is 0 Å². The summed E-state index contributed by atoms with van der Waals surface area (Å²) in [5.74, 6) is 0.775. The quantitative estimate of drug-likeness (QED) is 0.581. The van der Waals surface area contributed by atoms with Crippen LogP contribution in [0.1, 0.15) is 47.3 Å². The van der Waals surface area contributed by atoms with Gasteiger partial charge in [-0.2, -0.15) is 0 Å². The number of carbonyl (C=O) groups excluding carboxylic acids is 1. The van der Waals surface area contributed by atoms with E-state index in [1.165, 1.54) is 11.1 Å². The van der Waals surface area contributed by atoms with Crippen LogP contribution in [-0.4, -0.2) is 66.6 Å². The molecule has 1 unspecified atom stereocenters. The lowest BCUT2D eigenvalue weighted by atomic mass is 9.88. The molecule has 10 nitrogen and oxygen atoms in total. The summed E-state index contributed by atoms with van der Waals surface area (Å²) in [6.07, 6.45) is 9.33. The van der Waals surface area contributed by atoms with Gasteiger partial charge in [0.1, 0.15) is 0 Å². The Morgan fingerprint density at radius 2 is 1.94 bits per heavy atom. The number of benzene rings is 1. The minimum Gasteiger partial charge on any atom is -0.387 e. The van der Waals surface area contributed by atoms with E-state index < -0.39 is 5.60 Å². The third kappa shape index (κ3) is 3.81. The first-order valence-corrected chi connectivity index (χ1v) is 12.7. The highest BCUT2D eigenvalue weighted by Crippen LogP contribution is 2.37. The van der Waals surface area contributed by atoms with Gasteiger partial charge in [-0.1, -0.05) is 34.6 Å². The van der Waals surface area contributed by atoms with Gasteiger partial charge in [0.05, 0.1) is 23.6 Å². The first kappa shape index (κ1) is 21.5. The van der Waals surface area contributed by atoms with Crippen LogP contribution in [0, 0.1) is 5.92 Å². The molecule has 4 heterocycles. The van der Waals surface area contributed by atoms with Crippen LogP contribution in [0.3, 0.4) is 0 Å². The van der Waals surface area contributed by atoms with Crippen molar-refractivity contribution in [3.05, 3.63) is 64.7 Å². The number of H-pyrrole nitrogens is 1. The van der Waals surface area contributed by atoms with E-state index in [1.807, 2.05) is 17.3 Å². The summed E-state index contributed by atoms with van der Waals surface area (Å²) in [4.78, 5) is 30.2. The topological polar surface area (TPSA) is 121 Å². The Morgan fingerprint density at radius 3 is 2.75 bits per heavy atom. The highest BCUT2D eigenvalue weighted by atomic mass is 16.7. The average Bonchev–Trinajstić information content (AvgIpc) is 3.70. The third-order valence-electron chi connectivity index (χ3n) is 8.07. The Labute approximate surface area is 208 Å². The van der Waals surface area contributed by atoms with Gasteiger partial charge in [0.2, 0.25) is 11.9 Å². The fraction of sp³-hybridized carbons (Fsp3) is 0.462. The van der Waals surface area contributed by atoms with Crippen LogP contribution >= 0.6 is 0 Å². The van der Waals surface area contributed by atoms with Crippen molar-refractivity contribution in [1.29, 1.82) is 0 Å². The number of carbonyl (C=O) groups is 1. The molecule has 0 saturated carbocycles. The molecular formula is C26H28N8O2. The summed E-state index contributed by atoms with van der Waals surface area (Å²) < 4.78 is 0. The minimum absolute atomic E-state index is 0.0411. The molecule has 0 bridgehead atoms. The van der Waals surface area contributed by atoms with Crippen molar-refractivity contribution in [3.63, 3.8) is 0 Å². The van der Waals surface area contributed by atoms with Crippen molar-refractivity contribution < 1.29 is 9.63 Å². The molecule has 2 aliphatic carbocycles. The van der Waals surface area contributed by atoms with Crippen LogP contribution in [0.4, 0.5) is 5.95 Å². The number of hydrogen-bond acceptors (Lipinski definition) is 8. The van der Waals surface area contributed by atoms with Crippen LogP contribution in [0.15, 0.2) is 41.8 Å². The van der Waals surface area contributed by atoms with Crippen molar-refractivity contribution in [2.45, 2.75) is 56.6 Å². The monoisotopic (exact) mass is 484 g/mol. The molecule has 2 N–H and O–H groups in total. The maximum absolute atomic E-state index is 13.2. The molecule has 1 aromatic carbocycles. The van der Waals surface area contributed by atoms with Gasteiger partial charge in [0.25, 0.3) is 0 Å². The van der Waals surface area contributed by atoms with Gasteiger partial charge in [-0.25, -0.2) is 9.97 Å². The molecular weight excluding hydrogens is 456 g/mol. The van der Waals surface area contributed by atoms with Crippen molar-refractivity contribution >= 4 is 17.6 Å². The summed E-state index contributed by atoms with van der Waals surface area (Å²) in [5.41, 5.74) is 6.02. The van der Waals surface area contributed by atoms with E-state index in [2.05, 4.69) is 60.1 Å². The highest BCUT2D eigenvalue weighted by molar-refractivity contribution is 6.01. The van der Waals surface area contributed by atoms with E-state index in [1.54, 1.807) is 0 Å². The second kappa shape index (κ2) is 8.39. The summed E-state index contributed by atoms with van der Waals surface area (Å²) >= 11 is 0. The van der Waals surface area contributed by atoms with Gasteiger partial charge in [0.15, 0.2) is 5.60 Å².